The third-order valence-corrected chi connectivity index (χ3v) is 4.49. The van der Waals surface area contributed by atoms with Gasteiger partial charge in [-0.15, -0.1) is 0 Å². The molecule has 0 spiro atoms. The fraction of sp³-hybridized carbons (Fsp3) is 0.286. The molecular weight excluding hydrogens is 312 g/mol. The molecule has 130 valence electrons. The monoisotopic (exact) mass is 336 g/mol. The van der Waals surface area contributed by atoms with Gasteiger partial charge in [0.15, 0.2) is 0 Å². The van der Waals surface area contributed by atoms with Crippen LogP contribution in [0.3, 0.4) is 0 Å². The Hall–Kier alpha value is -2.59. The third-order valence-electron chi connectivity index (χ3n) is 4.49. The Balaban J connectivity index is 1.91. The molecule has 1 amide bonds. The van der Waals surface area contributed by atoms with Crippen LogP contribution in [0, 0.1) is 6.92 Å². The molecule has 0 fully saturated rings. The van der Waals surface area contributed by atoms with Gasteiger partial charge >= 0.3 is 0 Å². The molecule has 4 heteroatoms. The molecule has 3 rings (SSSR count). The van der Waals surface area contributed by atoms with Crippen LogP contribution < -0.4 is 5.32 Å². The molecule has 1 atom stereocenters. The van der Waals surface area contributed by atoms with E-state index in [9.17, 15) is 4.79 Å². The summed E-state index contributed by atoms with van der Waals surface area (Å²) in [4.78, 5) is 15.7. The van der Waals surface area contributed by atoms with E-state index >= 15 is 0 Å². The van der Waals surface area contributed by atoms with Crippen LogP contribution in [-0.4, -0.2) is 31.2 Å². The van der Waals surface area contributed by atoms with E-state index in [-0.39, 0.29) is 11.8 Å². The van der Waals surface area contributed by atoms with Crippen molar-refractivity contribution in [1.82, 2.24) is 10.3 Å². The van der Waals surface area contributed by atoms with Crippen molar-refractivity contribution in [1.29, 1.82) is 0 Å². The fourth-order valence-corrected chi connectivity index (χ4v) is 3.14. The van der Waals surface area contributed by atoms with E-state index in [0.29, 0.717) is 19.6 Å². The molecule has 0 bridgehead atoms. The Bertz CT molecular complexity index is 836. The summed E-state index contributed by atoms with van der Waals surface area (Å²) in [6.07, 6.45) is 2.44. The zero-order chi connectivity index (χ0) is 17.6. The molecule has 3 aromatic rings. The molecule has 1 aromatic heterocycles. The minimum Gasteiger partial charge on any atom is -0.383 e. The normalized spacial score (nSPS) is 12.2. The molecule has 0 saturated carbocycles. The Labute approximate surface area is 148 Å². The largest absolute Gasteiger partial charge is 0.383 e. The first-order chi connectivity index (χ1) is 12.2. The predicted molar refractivity (Wildman–Crippen MR) is 101 cm³/mol. The van der Waals surface area contributed by atoms with Crippen molar-refractivity contribution in [3.05, 3.63) is 71.4 Å². The number of carbonyl (C=O) groups is 1. The highest BCUT2D eigenvalue weighted by atomic mass is 16.5. The molecule has 0 aliphatic heterocycles. The van der Waals surface area contributed by atoms with Crippen LogP contribution in [0.15, 0.2) is 54.7 Å². The van der Waals surface area contributed by atoms with Gasteiger partial charge in [-0.25, -0.2) is 0 Å². The molecule has 0 radical (unpaired) electrons. The number of aromatic amines is 1. The zero-order valence-electron chi connectivity index (χ0n) is 14.7. The van der Waals surface area contributed by atoms with Gasteiger partial charge in [0.2, 0.25) is 5.91 Å². The van der Waals surface area contributed by atoms with Gasteiger partial charge in [0.1, 0.15) is 0 Å². The number of aryl methyl sites for hydroxylation is 1. The van der Waals surface area contributed by atoms with Gasteiger partial charge in [-0.2, -0.15) is 0 Å². The number of methoxy groups -OCH3 is 1. The van der Waals surface area contributed by atoms with E-state index in [1.54, 1.807) is 7.11 Å². The molecule has 2 N–H and O–H groups in total. The number of aromatic nitrogens is 1. The lowest BCUT2D eigenvalue weighted by Gasteiger charge is -2.17. The number of hydrogen-bond acceptors (Lipinski definition) is 2. The first-order valence-corrected chi connectivity index (χ1v) is 8.57. The molecule has 0 aliphatic rings. The summed E-state index contributed by atoms with van der Waals surface area (Å²) in [5.41, 5.74) is 4.61. The average molecular weight is 336 g/mol. The lowest BCUT2D eigenvalue weighted by molar-refractivity contribution is -0.121. The summed E-state index contributed by atoms with van der Waals surface area (Å²) in [6, 6.07) is 16.6. The van der Waals surface area contributed by atoms with Crippen LogP contribution >= 0.6 is 0 Å². The molecule has 25 heavy (non-hydrogen) atoms. The second-order valence-corrected chi connectivity index (χ2v) is 6.30. The van der Waals surface area contributed by atoms with Crippen LogP contribution in [0.4, 0.5) is 0 Å². The number of H-pyrrole nitrogens is 1. The number of nitrogens with one attached hydrogen (secondary N) is 2. The summed E-state index contributed by atoms with van der Waals surface area (Å²) in [5.74, 6) is 0.0483. The van der Waals surface area contributed by atoms with Crippen molar-refractivity contribution < 1.29 is 9.53 Å². The lowest BCUT2D eigenvalue weighted by Crippen LogP contribution is -2.28. The van der Waals surface area contributed by atoms with Gasteiger partial charge in [0.25, 0.3) is 0 Å². The minimum absolute atomic E-state index is 0.0132. The summed E-state index contributed by atoms with van der Waals surface area (Å²) < 4.78 is 5.01. The zero-order valence-corrected chi connectivity index (χ0v) is 14.7. The first-order valence-electron chi connectivity index (χ1n) is 8.57. The molecule has 0 unspecified atom stereocenters. The number of para-hydroxylation sites is 1. The SMILES string of the molecule is COCCNC(=O)C[C@H](c1ccc(C)cc1)c1c[nH]c2ccccc12. The molecule has 0 aliphatic carbocycles. The van der Waals surface area contributed by atoms with Crippen molar-refractivity contribution in [3.63, 3.8) is 0 Å². The number of fused-ring (bicyclic) bond motifs is 1. The fourth-order valence-electron chi connectivity index (χ4n) is 3.14. The number of rotatable bonds is 7. The minimum atomic E-state index is 0.0132. The summed E-state index contributed by atoms with van der Waals surface area (Å²) in [7, 11) is 1.63. The third kappa shape index (κ3) is 4.09. The van der Waals surface area contributed by atoms with Crippen LogP contribution in [0.2, 0.25) is 0 Å². The van der Waals surface area contributed by atoms with E-state index < -0.39 is 0 Å². The maximum absolute atomic E-state index is 12.4. The van der Waals surface area contributed by atoms with Crippen molar-refractivity contribution in [3.8, 4) is 0 Å². The lowest BCUT2D eigenvalue weighted by atomic mass is 9.87. The number of ether oxygens (including phenoxy) is 1. The standard InChI is InChI=1S/C21H24N2O2/c1-15-7-9-16(10-8-15)18(13-21(24)22-11-12-25-2)19-14-23-20-6-4-3-5-17(19)20/h3-10,14,18,23H,11-13H2,1-2H3,(H,22,24)/t18-/m1/s1. The highest BCUT2D eigenvalue weighted by Crippen LogP contribution is 2.33. The van der Waals surface area contributed by atoms with Crippen LogP contribution in [0.25, 0.3) is 10.9 Å². The quantitative estimate of drug-likeness (QED) is 0.646. The Morgan fingerprint density at radius 2 is 1.92 bits per heavy atom. The van der Waals surface area contributed by atoms with Crippen molar-refractivity contribution >= 4 is 16.8 Å². The molecule has 2 aromatic carbocycles. The van der Waals surface area contributed by atoms with Gasteiger partial charge in [0, 0.05) is 43.1 Å². The molecule has 0 saturated heterocycles. The first kappa shape index (κ1) is 17.2. The number of hydrogen-bond donors (Lipinski definition) is 2. The maximum atomic E-state index is 12.4. The second-order valence-electron chi connectivity index (χ2n) is 6.30. The highest BCUT2D eigenvalue weighted by Gasteiger charge is 2.21. The van der Waals surface area contributed by atoms with Crippen molar-refractivity contribution in [2.24, 2.45) is 0 Å². The van der Waals surface area contributed by atoms with E-state index in [2.05, 4.69) is 53.6 Å². The predicted octanol–water partition coefficient (Wildman–Crippen LogP) is 3.76. The van der Waals surface area contributed by atoms with Gasteiger partial charge in [-0.05, 0) is 24.1 Å². The summed E-state index contributed by atoms with van der Waals surface area (Å²) in [5, 5.41) is 4.10. The van der Waals surface area contributed by atoms with E-state index in [1.807, 2.05) is 18.3 Å². The smallest absolute Gasteiger partial charge is 0.221 e. The van der Waals surface area contributed by atoms with Gasteiger partial charge in [-0.3, -0.25) is 4.79 Å². The van der Waals surface area contributed by atoms with Crippen LogP contribution in [-0.2, 0) is 9.53 Å². The Morgan fingerprint density at radius 3 is 2.68 bits per heavy atom. The Kier molecular flexibility index (Phi) is 5.51. The second kappa shape index (κ2) is 7.99. The van der Waals surface area contributed by atoms with E-state index in [0.717, 1.165) is 22.0 Å². The van der Waals surface area contributed by atoms with Crippen LogP contribution in [0.5, 0.6) is 0 Å². The van der Waals surface area contributed by atoms with Crippen molar-refractivity contribution in [2.75, 3.05) is 20.3 Å². The van der Waals surface area contributed by atoms with Gasteiger partial charge in [0.05, 0.1) is 6.61 Å². The summed E-state index contributed by atoms with van der Waals surface area (Å²) in [6.45, 7) is 3.12. The maximum Gasteiger partial charge on any atom is 0.221 e. The topological polar surface area (TPSA) is 54.1 Å². The number of carbonyl (C=O) groups excluding carboxylic acids is 1. The number of benzene rings is 2. The van der Waals surface area contributed by atoms with Gasteiger partial charge < -0.3 is 15.0 Å². The molecular formula is C21H24N2O2. The number of amides is 1. The molecule has 4 nitrogen and oxygen atoms in total. The highest BCUT2D eigenvalue weighted by molar-refractivity contribution is 5.86. The molecule has 1 heterocycles. The van der Waals surface area contributed by atoms with Crippen molar-refractivity contribution in [2.45, 2.75) is 19.3 Å². The van der Waals surface area contributed by atoms with Crippen LogP contribution in [0.1, 0.15) is 29.0 Å². The Morgan fingerprint density at radius 1 is 1.16 bits per heavy atom. The average Bonchev–Trinajstić information content (AvgIpc) is 3.05. The van der Waals surface area contributed by atoms with Gasteiger partial charge in [-0.1, -0.05) is 48.0 Å². The van der Waals surface area contributed by atoms with E-state index in [4.69, 9.17) is 4.74 Å². The van der Waals surface area contributed by atoms with E-state index in [1.165, 1.54) is 5.56 Å². The summed E-state index contributed by atoms with van der Waals surface area (Å²) >= 11 is 0.